The molecule has 0 saturated carbocycles. The van der Waals surface area contributed by atoms with Crippen LogP contribution in [0.15, 0.2) is 30.3 Å². The van der Waals surface area contributed by atoms with Gasteiger partial charge in [0.05, 0.1) is 12.7 Å². The van der Waals surface area contributed by atoms with E-state index < -0.39 is 12.0 Å². The fourth-order valence-corrected chi connectivity index (χ4v) is 3.77. The molecule has 1 radical (unpaired) electrons. The van der Waals surface area contributed by atoms with Crippen molar-refractivity contribution in [2.75, 3.05) is 14.2 Å². The maximum atomic E-state index is 12.3. The summed E-state index contributed by atoms with van der Waals surface area (Å²) in [5.41, 5.74) is 0.511. The second-order valence-electron chi connectivity index (χ2n) is 6.06. The van der Waals surface area contributed by atoms with E-state index in [1.807, 2.05) is 13.1 Å². The summed E-state index contributed by atoms with van der Waals surface area (Å²) in [6, 6.07) is 9.36. The fourth-order valence-electron chi connectivity index (χ4n) is 3.77. The van der Waals surface area contributed by atoms with E-state index >= 15 is 0 Å². The van der Waals surface area contributed by atoms with Gasteiger partial charge in [-0.25, -0.2) is 4.79 Å². The van der Waals surface area contributed by atoms with Crippen molar-refractivity contribution in [2.24, 2.45) is 5.92 Å². The zero-order valence-corrected chi connectivity index (χ0v) is 15.4. The SMILES string of the molecule is COC(=O)C1C(OC(=O)c2ccccc2)CC2CCC1N2C.[Au]. The molecule has 0 aliphatic carbocycles. The van der Waals surface area contributed by atoms with Crippen LogP contribution in [-0.2, 0) is 36.6 Å². The summed E-state index contributed by atoms with van der Waals surface area (Å²) < 4.78 is 10.6. The van der Waals surface area contributed by atoms with Gasteiger partial charge in [-0.15, -0.1) is 0 Å². The molecule has 5 nitrogen and oxygen atoms in total. The first kappa shape index (κ1) is 18.2. The van der Waals surface area contributed by atoms with Gasteiger partial charge in [0.1, 0.15) is 12.0 Å². The van der Waals surface area contributed by atoms with Crippen LogP contribution in [0.5, 0.6) is 0 Å². The first-order valence-corrected chi connectivity index (χ1v) is 7.67. The summed E-state index contributed by atoms with van der Waals surface area (Å²) in [6.07, 6.45) is 2.26. The molecule has 2 aliphatic rings. The summed E-state index contributed by atoms with van der Waals surface area (Å²) in [7, 11) is 3.42. The molecular weight excluding hydrogens is 479 g/mol. The maximum absolute atomic E-state index is 12.3. The van der Waals surface area contributed by atoms with Crippen molar-refractivity contribution in [1.29, 1.82) is 0 Å². The average Bonchev–Trinajstić information content (AvgIpc) is 2.78. The van der Waals surface area contributed by atoms with E-state index in [0.29, 0.717) is 18.0 Å². The van der Waals surface area contributed by atoms with Gasteiger partial charge in [-0.3, -0.25) is 9.69 Å². The summed E-state index contributed by atoms with van der Waals surface area (Å²) in [5, 5.41) is 0. The van der Waals surface area contributed by atoms with E-state index in [1.165, 1.54) is 7.11 Å². The summed E-state index contributed by atoms with van der Waals surface area (Å²) >= 11 is 0. The third-order valence-corrected chi connectivity index (χ3v) is 4.96. The molecule has 129 valence electrons. The predicted octanol–water partition coefficient (Wildman–Crippen LogP) is 1.87. The van der Waals surface area contributed by atoms with Crippen LogP contribution in [0.1, 0.15) is 29.6 Å². The van der Waals surface area contributed by atoms with E-state index in [9.17, 15) is 9.59 Å². The molecule has 0 amide bonds. The number of carbonyl (C=O) groups excluding carboxylic acids is 2. The number of ether oxygens (including phenoxy) is 2. The number of rotatable bonds is 3. The van der Waals surface area contributed by atoms with Crippen molar-refractivity contribution < 1.29 is 41.4 Å². The van der Waals surface area contributed by atoms with Crippen molar-refractivity contribution in [3.8, 4) is 0 Å². The molecule has 2 bridgehead atoms. The second kappa shape index (κ2) is 7.62. The Morgan fingerprint density at radius 3 is 2.52 bits per heavy atom. The van der Waals surface area contributed by atoms with Gasteiger partial charge in [-0.05, 0) is 32.0 Å². The van der Waals surface area contributed by atoms with Crippen molar-refractivity contribution in [1.82, 2.24) is 4.90 Å². The molecule has 4 unspecified atom stereocenters. The van der Waals surface area contributed by atoms with Crippen molar-refractivity contribution in [3.63, 3.8) is 0 Å². The Kier molecular flexibility index (Phi) is 6.03. The molecule has 6 heteroatoms. The van der Waals surface area contributed by atoms with Crippen LogP contribution in [0.4, 0.5) is 0 Å². The summed E-state index contributed by atoms with van der Waals surface area (Å²) in [5.74, 6) is -1.06. The zero-order chi connectivity index (χ0) is 15.7. The van der Waals surface area contributed by atoms with Crippen LogP contribution in [-0.4, -0.2) is 49.2 Å². The monoisotopic (exact) mass is 500 g/mol. The third kappa shape index (κ3) is 3.53. The van der Waals surface area contributed by atoms with Gasteiger partial charge in [-0.1, -0.05) is 18.2 Å². The molecule has 1 aromatic rings. The molecule has 2 saturated heterocycles. The standard InChI is InChI=1S/C17H21NO4.Au/c1-18-12-8-9-13(18)15(17(20)21-2)14(10-12)22-16(19)11-6-4-3-5-7-11;/h3-7,12-15H,8-10H2,1-2H3;. The Bertz CT molecular complexity index is 565. The van der Waals surface area contributed by atoms with E-state index in [2.05, 4.69) is 4.90 Å². The first-order chi connectivity index (χ1) is 10.6. The van der Waals surface area contributed by atoms with Gasteiger partial charge in [0.25, 0.3) is 0 Å². The van der Waals surface area contributed by atoms with E-state index in [1.54, 1.807) is 24.3 Å². The molecule has 3 rings (SSSR count). The van der Waals surface area contributed by atoms with Crippen LogP contribution in [0.25, 0.3) is 0 Å². The molecule has 23 heavy (non-hydrogen) atoms. The normalized spacial score (nSPS) is 29.5. The fraction of sp³-hybridized carbons (Fsp3) is 0.529. The molecule has 2 heterocycles. The Morgan fingerprint density at radius 1 is 1.17 bits per heavy atom. The summed E-state index contributed by atoms with van der Waals surface area (Å²) in [6.45, 7) is 0. The quantitative estimate of drug-likeness (QED) is 0.469. The van der Waals surface area contributed by atoms with Gasteiger partial charge in [-0.2, -0.15) is 0 Å². The molecule has 0 spiro atoms. The van der Waals surface area contributed by atoms with Crippen molar-refractivity contribution >= 4 is 11.9 Å². The maximum Gasteiger partial charge on any atom is 0.338 e. The number of carbonyl (C=O) groups is 2. The number of hydrogen-bond acceptors (Lipinski definition) is 5. The van der Waals surface area contributed by atoms with E-state index in [0.717, 1.165) is 12.8 Å². The van der Waals surface area contributed by atoms with Gasteiger partial charge < -0.3 is 9.47 Å². The number of esters is 2. The summed E-state index contributed by atoms with van der Waals surface area (Å²) in [4.78, 5) is 26.7. The van der Waals surface area contributed by atoms with Crippen LogP contribution in [0.2, 0.25) is 0 Å². The number of piperidine rings is 1. The van der Waals surface area contributed by atoms with Crippen molar-refractivity contribution in [3.05, 3.63) is 35.9 Å². The Hall–Kier alpha value is -1.14. The minimum Gasteiger partial charge on any atom is -0.469 e. The van der Waals surface area contributed by atoms with Gasteiger partial charge in [0.2, 0.25) is 0 Å². The Morgan fingerprint density at radius 2 is 1.87 bits per heavy atom. The van der Waals surface area contributed by atoms with Crippen molar-refractivity contribution in [2.45, 2.75) is 37.5 Å². The number of methoxy groups -OCH3 is 1. The van der Waals surface area contributed by atoms with E-state index in [4.69, 9.17) is 9.47 Å². The van der Waals surface area contributed by atoms with Crippen LogP contribution >= 0.6 is 0 Å². The van der Waals surface area contributed by atoms with Gasteiger partial charge in [0, 0.05) is 40.9 Å². The first-order valence-electron chi connectivity index (χ1n) is 7.67. The van der Waals surface area contributed by atoms with Crippen LogP contribution in [0.3, 0.4) is 0 Å². The number of benzene rings is 1. The van der Waals surface area contributed by atoms with Gasteiger partial charge >= 0.3 is 11.9 Å². The molecular formula is C17H21AuNO4. The number of fused-ring (bicyclic) bond motifs is 2. The minimum absolute atomic E-state index is 0. The minimum atomic E-state index is -0.408. The second-order valence-corrected chi connectivity index (χ2v) is 6.06. The Labute approximate surface area is 151 Å². The molecule has 2 fully saturated rings. The smallest absolute Gasteiger partial charge is 0.338 e. The van der Waals surface area contributed by atoms with Gasteiger partial charge in [0.15, 0.2) is 0 Å². The average molecular weight is 500 g/mol. The molecule has 1 aromatic carbocycles. The molecule has 0 N–H and O–H groups in total. The molecule has 4 atom stereocenters. The zero-order valence-electron chi connectivity index (χ0n) is 13.2. The molecule has 0 aromatic heterocycles. The molecule has 2 aliphatic heterocycles. The third-order valence-electron chi connectivity index (χ3n) is 4.96. The Balaban J connectivity index is 0.00000192. The van der Waals surface area contributed by atoms with E-state index in [-0.39, 0.29) is 40.4 Å². The number of hydrogen-bond donors (Lipinski definition) is 0. The van der Waals surface area contributed by atoms with Crippen LogP contribution in [0, 0.1) is 5.92 Å². The van der Waals surface area contributed by atoms with Crippen LogP contribution < -0.4 is 0 Å². The number of nitrogens with zero attached hydrogens (tertiary/aromatic N) is 1. The largest absolute Gasteiger partial charge is 0.469 e. The topological polar surface area (TPSA) is 55.8 Å². The predicted molar refractivity (Wildman–Crippen MR) is 80.3 cm³/mol.